The molecule has 1 heterocycles. The van der Waals surface area contributed by atoms with Crippen molar-refractivity contribution < 1.29 is 9.53 Å². The zero-order chi connectivity index (χ0) is 13.3. The summed E-state index contributed by atoms with van der Waals surface area (Å²) in [5.41, 5.74) is 1.77. The lowest BCUT2D eigenvalue weighted by molar-refractivity contribution is -0.0199. The molecule has 1 aromatic rings. The fraction of sp³-hybridized carbons (Fsp3) is 0.533. The summed E-state index contributed by atoms with van der Waals surface area (Å²) < 4.78 is 5.61. The second-order valence-corrected chi connectivity index (χ2v) is 5.98. The van der Waals surface area contributed by atoms with Gasteiger partial charge in [0.2, 0.25) is 0 Å². The van der Waals surface area contributed by atoms with Crippen LogP contribution in [-0.2, 0) is 11.2 Å². The summed E-state index contributed by atoms with van der Waals surface area (Å²) in [7, 11) is 4.08. The average Bonchev–Trinajstić information content (AvgIpc) is 2.27. The summed E-state index contributed by atoms with van der Waals surface area (Å²) in [6, 6.07) is 7.72. The summed E-state index contributed by atoms with van der Waals surface area (Å²) >= 11 is 0. The monoisotopic (exact) mass is 247 g/mol. The third-order valence-corrected chi connectivity index (χ3v) is 3.49. The minimum atomic E-state index is -0.186. The van der Waals surface area contributed by atoms with E-state index in [1.807, 2.05) is 38.4 Å². The fourth-order valence-corrected chi connectivity index (χ4v) is 2.68. The molecule has 1 aromatic carbocycles. The van der Waals surface area contributed by atoms with Gasteiger partial charge in [-0.2, -0.15) is 0 Å². The molecule has 3 nitrogen and oxygen atoms in total. The summed E-state index contributed by atoms with van der Waals surface area (Å²) in [6.45, 7) is 5.20. The van der Waals surface area contributed by atoms with Crippen molar-refractivity contribution in [1.82, 2.24) is 4.90 Å². The van der Waals surface area contributed by atoms with Crippen molar-refractivity contribution in [3.63, 3.8) is 0 Å². The van der Waals surface area contributed by atoms with Crippen molar-refractivity contribution in [1.29, 1.82) is 0 Å². The lowest BCUT2D eigenvalue weighted by atomic mass is 9.80. The number of hydrogen-bond acceptors (Lipinski definition) is 3. The Morgan fingerprint density at radius 3 is 2.67 bits per heavy atom. The van der Waals surface area contributed by atoms with Crippen LogP contribution in [0.25, 0.3) is 0 Å². The molecule has 0 fully saturated rings. The van der Waals surface area contributed by atoms with Crippen molar-refractivity contribution in [2.24, 2.45) is 5.41 Å². The zero-order valence-corrected chi connectivity index (χ0v) is 11.6. The number of esters is 1. The number of cyclic esters (lactones) is 1. The Bertz CT molecular complexity index is 452. The molecule has 0 aromatic heterocycles. The Morgan fingerprint density at radius 1 is 1.33 bits per heavy atom. The van der Waals surface area contributed by atoms with Crippen LogP contribution < -0.4 is 0 Å². The molecule has 0 saturated carbocycles. The van der Waals surface area contributed by atoms with E-state index in [1.165, 1.54) is 0 Å². The summed E-state index contributed by atoms with van der Waals surface area (Å²) in [4.78, 5) is 14.1. The van der Waals surface area contributed by atoms with Gasteiger partial charge >= 0.3 is 5.97 Å². The Balaban J connectivity index is 2.23. The molecule has 0 radical (unpaired) electrons. The van der Waals surface area contributed by atoms with Gasteiger partial charge in [0.1, 0.15) is 6.10 Å². The largest absolute Gasteiger partial charge is 0.458 e. The van der Waals surface area contributed by atoms with Gasteiger partial charge in [-0.15, -0.1) is 0 Å². The Morgan fingerprint density at radius 2 is 2.00 bits per heavy atom. The molecule has 3 heteroatoms. The molecule has 1 aliphatic rings. The second-order valence-electron chi connectivity index (χ2n) is 5.98. The maximum Gasteiger partial charge on any atom is 0.338 e. The first-order valence-corrected chi connectivity index (χ1v) is 6.34. The van der Waals surface area contributed by atoms with E-state index in [-0.39, 0.29) is 17.5 Å². The highest BCUT2D eigenvalue weighted by atomic mass is 16.5. The van der Waals surface area contributed by atoms with Gasteiger partial charge in [-0.3, -0.25) is 0 Å². The first-order chi connectivity index (χ1) is 8.40. The number of nitrogens with zero attached hydrogens (tertiary/aromatic N) is 1. The molecule has 0 unspecified atom stereocenters. The molecule has 0 bridgehead atoms. The molecule has 0 saturated heterocycles. The van der Waals surface area contributed by atoms with E-state index in [9.17, 15) is 4.79 Å². The molecule has 98 valence electrons. The van der Waals surface area contributed by atoms with Gasteiger partial charge in [0.15, 0.2) is 0 Å². The summed E-state index contributed by atoms with van der Waals surface area (Å²) in [6.07, 6.45) is 0.755. The van der Waals surface area contributed by atoms with Gasteiger partial charge in [0, 0.05) is 18.4 Å². The van der Waals surface area contributed by atoms with Gasteiger partial charge in [-0.1, -0.05) is 32.0 Å². The predicted molar refractivity (Wildman–Crippen MR) is 71.7 cm³/mol. The van der Waals surface area contributed by atoms with Crippen LogP contribution >= 0.6 is 0 Å². The van der Waals surface area contributed by atoms with Crippen molar-refractivity contribution in [2.45, 2.75) is 26.4 Å². The second kappa shape index (κ2) is 4.73. The lowest BCUT2D eigenvalue weighted by Gasteiger charge is -2.38. The van der Waals surface area contributed by atoms with E-state index >= 15 is 0 Å². The standard InChI is InChI=1S/C15H21NO2/c1-15(2,10-16(3)4)13-9-11-7-5-6-8-12(11)14(17)18-13/h5-8,13H,9-10H2,1-4H3/t13-/m0/s1. The number of ether oxygens (including phenoxy) is 1. The molecule has 2 rings (SSSR count). The summed E-state index contributed by atoms with van der Waals surface area (Å²) in [5, 5.41) is 0. The van der Waals surface area contributed by atoms with Crippen molar-refractivity contribution in [3.8, 4) is 0 Å². The quantitative estimate of drug-likeness (QED) is 0.768. The van der Waals surface area contributed by atoms with E-state index in [0.717, 1.165) is 24.1 Å². The SMILES string of the molecule is CN(C)CC(C)(C)[C@@H]1Cc2ccccc2C(=O)O1. The molecule has 0 amide bonds. The van der Waals surface area contributed by atoms with Crippen LogP contribution in [0.4, 0.5) is 0 Å². The lowest BCUT2D eigenvalue weighted by Crippen LogP contribution is -2.44. The Kier molecular flexibility index (Phi) is 3.44. The Hall–Kier alpha value is -1.35. The van der Waals surface area contributed by atoms with Crippen molar-refractivity contribution >= 4 is 5.97 Å². The van der Waals surface area contributed by atoms with Crippen molar-refractivity contribution in [2.75, 3.05) is 20.6 Å². The zero-order valence-electron chi connectivity index (χ0n) is 11.6. The van der Waals surface area contributed by atoms with Crippen molar-refractivity contribution in [3.05, 3.63) is 35.4 Å². The van der Waals surface area contributed by atoms with Crippen LogP contribution in [0.2, 0.25) is 0 Å². The van der Waals surface area contributed by atoms with Crippen LogP contribution in [0.1, 0.15) is 29.8 Å². The van der Waals surface area contributed by atoms with Gasteiger partial charge in [-0.25, -0.2) is 4.79 Å². The van der Waals surface area contributed by atoms with E-state index in [1.54, 1.807) is 0 Å². The molecule has 1 aliphatic heterocycles. The minimum absolute atomic E-state index is 0.0489. The molecule has 0 N–H and O–H groups in total. The van der Waals surface area contributed by atoms with Crippen LogP contribution in [0.5, 0.6) is 0 Å². The highest BCUT2D eigenvalue weighted by Crippen LogP contribution is 2.32. The van der Waals surface area contributed by atoms with Gasteiger partial charge < -0.3 is 9.64 Å². The van der Waals surface area contributed by atoms with Crippen LogP contribution in [0.15, 0.2) is 24.3 Å². The summed E-state index contributed by atoms with van der Waals surface area (Å²) in [5.74, 6) is -0.186. The van der Waals surface area contributed by atoms with E-state index in [0.29, 0.717) is 0 Å². The minimum Gasteiger partial charge on any atom is -0.458 e. The van der Waals surface area contributed by atoms with Gasteiger partial charge in [0.25, 0.3) is 0 Å². The Labute approximate surface area is 109 Å². The maximum atomic E-state index is 12.0. The van der Waals surface area contributed by atoms with E-state index in [4.69, 9.17) is 4.74 Å². The van der Waals surface area contributed by atoms with E-state index in [2.05, 4.69) is 18.7 Å². The molecular weight excluding hydrogens is 226 g/mol. The molecule has 1 atom stereocenters. The van der Waals surface area contributed by atoms with E-state index < -0.39 is 0 Å². The third kappa shape index (κ3) is 2.56. The fourth-order valence-electron chi connectivity index (χ4n) is 2.68. The smallest absolute Gasteiger partial charge is 0.338 e. The highest BCUT2D eigenvalue weighted by molar-refractivity contribution is 5.92. The maximum absolute atomic E-state index is 12.0. The molecule has 0 aliphatic carbocycles. The number of carbonyl (C=O) groups is 1. The first kappa shape index (κ1) is 13.1. The highest BCUT2D eigenvalue weighted by Gasteiger charge is 2.37. The molecule has 0 spiro atoms. The number of benzene rings is 1. The predicted octanol–water partition coefficient (Wildman–Crippen LogP) is 2.36. The topological polar surface area (TPSA) is 29.5 Å². The number of carbonyl (C=O) groups excluding carboxylic acids is 1. The number of fused-ring (bicyclic) bond motifs is 1. The van der Waals surface area contributed by atoms with Crippen LogP contribution in [0, 0.1) is 5.41 Å². The average molecular weight is 247 g/mol. The van der Waals surface area contributed by atoms with Crippen LogP contribution in [-0.4, -0.2) is 37.6 Å². The molecular formula is C15H21NO2. The molecule has 18 heavy (non-hydrogen) atoms. The van der Waals surface area contributed by atoms with Gasteiger partial charge in [-0.05, 0) is 25.7 Å². The number of rotatable bonds is 3. The third-order valence-electron chi connectivity index (χ3n) is 3.49. The first-order valence-electron chi connectivity index (χ1n) is 6.34. The normalized spacial score (nSPS) is 19.6. The number of hydrogen-bond donors (Lipinski definition) is 0. The van der Waals surface area contributed by atoms with Gasteiger partial charge in [0.05, 0.1) is 5.56 Å². The van der Waals surface area contributed by atoms with Crippen LogP contribution in [0.3, 0.4) is 0 Å².